The summed E-state index contributed by atoms with van der Waals surface area (Å²) in [6.45, 7) is 0. The molecule has 0 unspecified atom stereocenters. The van der Waals surface area contributed by atoms with Crippen LogP contribution in [0.3, 0.4) is 0 Å². The Balaban J connectivity index is 1.98. The van der Waals surface area contributed by atoms with Crippen LogP contribution in [0.15, 0.2) is 64.4 Å². The fourth-order valence-corrected chi connectivity index (χ4v) is 2.98. The smallest absolute Gasteiger partial charge is 0.328 e. The fourth-order valence-electron chi connectivity index (χ4n) is 2.70. The molecule has 3 rings (SSSR count). The molecule has 1 atom stereocenters. The van der Waals surface area contributed by atoms with Crippen molar-refractivity contribution in [2.45, 2.75) is 12.5 Å². The largest absolute Gasteiger partial charge is 0.508 e. The number of phenols is 1. The molecule has 0 saturated carbocycles. The van der Waals surface area contributed by atoms with Crippen molar-refractivity contribution in [3.8, 4) is 17.3 Å². The molecule has 1 aromatic heterocycles. The lowest BCUT2D eigenvalue weighted by Crippen LogP contribution is -2.23. The predicted octanol–water partition coefficient (Wildman–Crippen LogP) is 2.42. The Morgan fingerprint density at radius 1 is 1.14 bits per heavy atom. The second kappa shape index (κ2) is 8.53. The summed E-state index contributed by atoms with van der Waals surface area (Å²) in [7, 11) is 0. The van der Waals surface area contributed by atoms with Crippen LogP contribution in [-0.2, 0) is 11.2 Å². The third kappa shape index (κ3) is 4.58. The maximum atomic E-state index is 12.3. The fraction of sp³-hybridized carbons (Fsp3) is 0.100. The van der Waals surface area contributed by atoms with Gasteiger partial charge in [0.25, 0.3) is 5.56 Å². The van der Waals surface area contributed by atoms with Crippen LogP contribution in [-0.4, -0.2) is 43.1 Å². The number of rotatable bonds is 6. The molecule has 0 aliphatic rings. The molecule has 8 nitrogen and oxygen atoms in total. The Morgan fingerprint density at radius 3 is 2.41 bits per heavy atom. The molecule has 0 fully saturated rings. The number of phenolic OH excluding ortho intramolecular Hbond substituents is 1. The number of carboxylic acids is 1. The van der Waals surface area contributed by atoms with E-state index in [1.165, 1.54) is 16.7 Å². The van der Waals surface area contributed by atoms with Crippen LogP contribution >= 0.6 is 12.2 Å². The average Bonchev–Trinajstić information content (AvgIpc) is 2.68. The first-order valence-corrected chi connectivity index (χ1v) is 8.95. The number of aromatic amines is 1. The van der Waals surface area contributed by atoms with Gasteiger partial charge in [0.2, 0.25) is 5.88 Å². The van der Waals surface area contributed by atoms with Gasteiger partial charge in [-0.15, -0.1) is 0 Å². The van der Waals surface area contributed by atoms with Crippen LogP contribution in [0.2, 0.25) is 0 Å². The number of hydrogen-bond donors (Lipinski definition) is 4. The molecule has 1 heterocycles. The SMILES string of the molecule is O=C(O)[C@H](Cc1ccc(O)cc1)N=Cc1c(O)n(-c2ccccc2)c(=S)[nH]c1=O. The van der Waals surface area contributed by atoms with E-state index in [0.717, 1.165) is 6.21 Å². The predicted molar refractivity (Wildman–Crippen MR) is 110 cm³/mol. The van der Waals surface area contributed by atoms with Crippen molar-refractivity contribution >= 4 is 24.4 Å². The maximum absolute atomic E-state index is 12.3. The molecule has 0 spiro atoms. The number of carboxylic acid groups (broad SMARTS) is 1. The Hall–Kier alpha value is -3.72. The van der Waals surface area contributed by atoms with Gasteiger partial charge in [-0.05, 0) is 42.0 Å². The van der Waals surface area contributed by atoms with E-state index in [1.807, 2.05) is 0 Å². The van der Waals surface area contributed by atoms with E-state index in [4.69, 9.17) is 12.2 Å². The van der Waals surface area contributed by atoms with Crippen LogP contribution in [0.25, 0.3) is 5.69 Å². The topological polar surface area (TPSA) is 128 Å². The van der Waals surface area contributed by atoms with Crippen LogP contribution in [0.4, 0.5) is 0 Å². The molecule has 0 aliphatic heterocycles. The number of H-pyrrole nitrogens is 1. The highest BCUT2D eigenvalue weighted by Crippen LogP contribution is 2.19. The number of carbonyl (C=O) groups is 1. The van der Waals surface area contributed by atoms with Gasteiger partial charge < -0.3 is 15.3 Å². The minimum atomic E-state index is -1.19. The molecule has 2 aromatic carbocycles. The summed E-state index contributed by atoms with van der Waals surface area (Å²) < 4.78 is 1.25. The number of aromatic hydroxyl groups is 2. The minimum Gasteiger partial charge on any atom is -0.508 e. The van der Waals surface area contributed by atoms with Crippen molar-refractivity contribution in [1.82, 2.24) is 9.55 Å². The summed E-state index contributed by atoms with van der Waals surface area (Å²) in [4.78, 5) is 30.3. The number of benzene rings is 2. The number of para-hydroxylation sites is 1. The zero-order valence-corrected chi connectivity index (χ0v) is 15.8. The van der Waals surface area contributed by atoms with E-state index >= 15 is 0 Å². The minimum absolute atomic E-state index is 0.00488. The van der Waals surface area contributed by atoms with Crippen molar-refractivity contribution in [2.75, 3.05) is 0 Å². The summed E-state index contributed by atoms with van der Waals surface area (Å²) in [6.07, 6.45) is 1.07. The Kier molecular flexibility index (Phi) is 5.89. The number of aliphatic carboxylic acids is 1. The molecule has 0 amide bonds. The van der Waals surface area contributed by atoms with E-state index in [0.29, 0.717) is 11.3 Å². The van der Waals surface area contributed by atoms with Crippen molar-refractivity contribution in [3.63, 3.8) is 0 Å². The molecule has 3 aromatic rings. The first-order chi connectivity index (χ1) is 13.9. The highest BCUT2D eigenvalue weighted by molar-refractivity contribution is 7.71. The molecular weight excluding hydrogens is 394 g/mol. The van der Waals surface area contributed by atoms with E-state index in [9.17, 15) is 24.9 Å². The highest BCUT2D eigenvalue weighted by Gasteiger charge is 2.18. The monoisotopic (exact) mass is 411 g/mol. The zero-order valence-electron chi connectivity index (χ0n) is 15.0. The van der Waals surface area contributed by atoms with Gasteiger partial charge in [-0.3, -0.25) is 19.3 Å². The highest BCUT2D eigenvalue weighted by atomic mass is 32.1. The van der Waals surface area contributed by atoms with Gasteiger partial charge in [0.05, 0.1) is 5.69 Å². The standard InChI is InChI=1S/C20H17N3O5S/c24-14-8-6-12(7-9-14)10-16(19(27)28)21-11-15-17(25)22-20(29)23(18(15)26)13-4-2-1-3-5-13/h1-9,11,16,24,26H,10H2,(H,27,28)(H,22,25,29)/t16-/m0/s1. The molecule has 9 heteroatoms. The second-order valence-electron chi connectivity index (χ2n) is 6.17. The summed E-state index contributed by atoms with van der Waals surface area (Å²) in [6, 6.07) is 13.5. The number of aliphatic imine (C=N–C) groups is 1. The molecule has 0 bridgehead atoms. The van der Waals surface area contributed by atoms with Crippen molar-refractivity contribution in [1.29, 1.82) is 0 Å². The summed E-state index contributed by atoms with van der Waals surface area (Å²) in [5, 5.41) is 29.4. The van der Waals surface area contributed by atoms with Crippen LogP contribution in [0, 0.1) is 4.77 Å². The molecular formula is C20H17N3O5S. The summed E-state index contributed by atoms with van der Waals surface area (Å²) in [5.74, 6) is -1.57. The van der Waals surface area contributed by atoms with Gasteiger partial charge in [-0.1, -0.05) is 30.3 Å². The summed E-state index contributed by atoms with van der Waals surface area (Å²) in [5.41, 5.74) is 0.280. The molecule has 148 valence electrons. The Labute approximate surface area is 170 Å². The van der Waals surface area contributed by atoms with Gasteiger partial charge in [-0.25, -0.2) is 4.79 Å². The number of nitrogens with zero attached hydrogens (tertiary/aromatic N) is 2. The number of hydrogen-bond acceptors (Lipinski definition) is 6. The van der Waals surface area contributed by atoms with Crippen molar-refractivity contribution in [3.05, 3.63) is 80.8 Å². The normalized spacial score (nSPS) is 12.1. The van der Waals surface area contributed by atoms with Crippen LogP contribution < -0.4 is 5.56 Å². The third-order valence-corrected chi connectivity index (χ3v) is 4.45. The van der Waals surface area contributed by atoms with E-state index in [1.54, 1.807) is 42.5 Å². The van der Waals surface area contributed by atoms with Crippen LogP contribution in [0.1, 0.15) is 11.1 Å². The van der Waals surface area contributed by atoms with Gasteiger partial charge in [0.15, 0.2) is 10.8 Å². The Bertz CT molecular complexity index is 1170. The molecule has 0 aliphatic carbocycles. The van der Waals surface area contributed by atoms with Gasteiger partial charge in [-0.2, -0.15) is 0 Å². The first-order valence-electron chi connectivity index (χ1n) is 8.54. The number of nitrogens with one attached hydrogen (secondary N) is 1. The maximum Gasteiger partial charge on any atom is 0.328 e. The quantitative estimate of drug-likeness (QED) is 0.364. The molecule has 4 N–H and O–H groups in total. The molecule has 0 saturated heterocycles. The summed E-state index contributed by atoms with van der Waals surface area (Å²) >= 11 is 5.13. The number of aromatic nitrogens is 2. The van der Waals surface area contributed by atoms with Gasteiger partial charge in [0, 0.05) is 12.6 Å². The second-order valence-corrected chi connectivity index (χ2v) is 6.56. The Morgan fingerprint density at radius 2 is 1.79 bits per heavy atom. The van der Waals surface area contributed by atoms with Gasteiger partial charge in [0.1, 0.15) is 11.3 Å². The van der Waals surface area contributed by atoms with E-state index in [2.05, 4.69) is 9.98 Å². The van der Waals surface area contributed by atoms with Gasteiger partial charge >= 0.3 is 5.97 Å². The first kappa shape index (κ1) is 20.0. The van der Waals surface area contributed by atoms with Crippen molar-refractivity contribution < 1.29 is 20.1 Å². The lowest BCUT2D eigenvalue weighted by molar-refractivity contribution is -0.138. The van der Waals surface area contributed by atoms with Crippen molar-refractivity contribution in [2.24, 2.45) is 4.99 Å². The average molecular weight is 411 g/mol. The lowest BCUT2D eigenvalue weighted by atomic mass is 10.1. The van der Waals surface area contributed by atoms with Crippen LogP contribution in [0.5, 0.6) is 11.6 Å². The zero-order chi connectivity index (χ0) is 21.0. The van der Waals surface area contributed by atoms with E-state index in [-0.39, 0.29) is 22.5 Å². The van der Waals surface area contributed by atoms with E-state index < -0.39 is 23.5 Å². The third-order valence-electron chi connectivity index (χ3n) is 4.17. The molecule has 29 heavy (non-hydrogen) atoms. The lowest BCUT2D eigenvalue weighted by Gasteiger charge is -2.11. The molecule has 0 radical (unpaired) electrons.